The maximum absolute atomic E-state index is 5.68. The molecule has 0 aromatic heterocycles. The topological polar surface area (TPSA) is 21.3 Å². The molecular formula is C13H25NO. The lowest BCUT2D eigenvalue weighted by molar-refractivity contribution is 0.0988. The summed E-state index contributed by atoms with van der Waals surface area (Å²) in [6.07, 6.45) is 9.91. The summed E-state index contributed by atoms with van der Waals surface area (Å²) in [5.74, 6) is 0.984. The van der Waals surface area contributed by atoms with Crippen molar-refractivity contribution in [1.82, 2.24) is 5.32 Å². The van der Waals surface area contributed by atoms with Gasteiger partial charge in [0.15, 0.2) is 0 Å². The molecule has 2 unspecified atom stereocenters. The zero-order valence-electron chi connectivity index (χ0n) is 10.0. The largest absolute Gasteiger partial charge is 0.378 e. The summed E-state index contributed by atoms with van der Waals surface area (Å²) in [6.45, 7) is 4.44. The first-order valence-corrected chi connectivity index (χ1v) is 6.75. The highest BCUT2D eigenvalue weighted by Crippen LogP contribution is 2.35. The van der Waals surface area contributed by atoms with E-state index in [1.807, 2.05) is 0 Å². The fraction of sp³-hybridized carbons (Fsp3) is 1.00. The molecule has 0 bridgehead atoms. The fourth-order valence-electron chi connectivity index (χ4n) is 2.57. The molecule has 1 N–H and O–H groups in total. The summed E-state index contributed by atoms with van der Waals surface area (Å²) >= 11 is 0. The van der Waals surface area contributed by atoms with Crippen LogP contribution in [0.25, 0.3) is 0 Å². The van der Waals surface area contributed by atoms with Crippen LogP contribution in [0.5, 0.6) is 0 Å². The van der Waals surface area contributed by atoms with Gasteiger partial charge in [0.2, 0.25) is 0 Å². The van der Waals surface area contributed by atoms with E-state index in [1.165, 1.54) is 51.5 Å². The summed E-state index contributed by atoms with van der Waals surface area (Å²) in [5, 5.41) is 3.70. The zero-order valence-corrected chi connectivity index (χ0v) is 10.0. The van der Waals surface area contributed by atoms with Crippen molar-refractivity contribution >= 4 is 0 Å². The van der Waals surface area contributed by atoms with Crippen molar-refractivity contribution in [2.45, 2.75) is 64.0 Å². The quantitative estimate of drug-likeness (QED) is 0.699. The summed E-state index contributed by atoms with van der Waals surface area (Å²) in [6, 6.07) is 0.786. The van der Waals surface area contributed by atoms with Crippen molar-refractivity contribution in [2.75, 3.05) is 13.2 Å². The molecule has 1 saturated carbocycles. The van der Waals surface area contributed by atoms with Gasteiger partial charge in [-0.3, -0.25) is 0 Å². The van der Waals surface area contributed by atoms with E-state index in [2.05, 4.69) is 12.2 Å². The van der Waals surface area contributed by atoms with E-state index >= 15 is 0 Å². The lowest BCUT2D eigenvalue weighted by Crippen LogP contribution is -2.32. The monoisotopic (exact) mass is 211 g/mol. The standard InChI is InChI=1S/C13H25NO/c1-2-9-14-13(11-5-6-11)8-7-12-4-3-10-15-12/h11-14H,2-10H2,1H3. The Morgan fingerprint density at radius 3 is 2.80 bits per heavy atom. The lowest BCUT2D eigenvalue weighted by Gasteiger charge is -2.19. The van der Waals surface area contributed by atoms with Crippen LogP contribution in [-0.2, 0) is 4.74 Å². The molecule has 2 rings (SSSR count). The molecule has 1 heterocycles. The minimum absolute atomic E-state index is 0.578. The summed E-state index contributed by atoms with van der Waals surface area (Å²) in [7, 11) is 0. The van der Waals surface area contributed by atoms with E-state index in [0.29, 0.717) is 6.10 Å². The third-order valence-corrected chi connectivity index (χ3v) is 3.67. The second-order valence-corrected chi connectivity index (χ2v) is 5.11. The molecule has 1 aliphatic carbocycles. The van der Waals surface area contributed by atoms with E-state index in [9.17, 15) is 0 Å². The molecule has 0 spiro atoms. The van der Waals surface area contributed by atoms with Crippen molar-refractivity contribution in [3.63, 3.8) is 0 Å². The number of rotatable bonds is 7. The minimum atomic E-state index is 0.578. The van der Waals surface area contributed by atoms with Crippen LogP contribution < -0.4 is 5.32 Å². The number of ether oxygens (including phenoxy) is 1. The van der Waals surface area contributed by atoms with E-state index < -0.39 is 0 Å². The van der Waals surface area contributed by atoms with Crippen LogP contribution in [0.3, 0.4) is 0 Å². The van der Waals surface area contributed by atoms with Gasteiger partial charge in [0.05, 0.1) is 6.10 Å². The highest BCUT2D eigenvalue weighted by Gasteiger charge is 2.31. The summed E-state index contributed by atoms with van der Waals surface area (Å²) in [5.41, 5.74) is 0. The average Bonchev–Trinajstić information content (AvgIpc) is 2.95. The Bertz CT molecular complexity index is 173. The SMILES string of the molecule is CCCNC(CCC1CCCO1)C1CC1. The van der Waals surface area contributed by atoms with Crippen molar-refractivity contribution < 1.29 is 4.74 Å². The number of nitrogens with one attached hydrogen (secondary N) is 1. The Morgan fingerprint density at radius 2 is 2.20 bits per heavy atom. The molecular weight excluding hydrogens is 186 g/mol. The van der Waals surface area contributed by atoms with E-state index in [-0.39, 0.29) is 0 Å². The van der Waals surface area contributed by atoms with Crippen molar-refractivity contribution in [3.05, 3.63) is 0 Å². The van der Waals surface area contributed by atoms with Gasteiger partial charge in [-0.15, -0.1) is 0 Å². The van der Waals surface area contributed by atoms with Crippen LogP contribution in [0.2, 0.25) is 0 Å². The van der Waals surface area contributed by atoms with E-state index in [4.69, 9.17) is 4.74 Å². The second-order valence-electron chi connectivity index (χ2n) is 5.11. The average molecular weight is 211 g/mol. The summed E-state index contributed by atoms with van der Waals surface area (Å²) < 4.78 is 5.68. The molecule has 0 amide bonds. The predicted octanol–water partition coefficient (Wildman–Crippen LogP) is 2.72. The van der Waals surface area contributed by atoms with Crippen LogP contribution in [0, 0.1) is 5.92 Å². The molecule has 2 fully saturated rings. The molecule has 0 radical (unpaired) electrons. The predicted molar refractivity (Wildman–Crippen MR) is 63.0 cm³/mol. The van der Waals surface area contributed by atoms with Gasteiger partial charge in [-0.05, 0) is 57.4 Å². The highest BCUT2D eigenvalue weighted by molar-refractivity contribution is 4.87. The van der Waals surface area contributed by atoms with Crippen LogP contribution in [-0.4, -0.2) is 25.3 Å². The summed E-state index contributed by atoms with van der Waals surface area (Å²) in [4.78, 5) is 0. The number of hydrogen-bond donors (Lipinski definition) is 1. The van der Waals surface area contributed by atoms with Gasteiger partial charge < -0.3 is 10.1 Å². The maximum Gasteiger partial charge on any atom is 0.0576 e. The van der Waals surface area contributed by atoms with Gasteiger partial charge in [0, 0.05) is 12.6 Å². The van der Waals surface area contributed by atoms with Gasteiger partial charge in [-0.2, -0.15) is 0 Å². The van der Waals surface area contributed by atoms with Crippen molar-refractivity contribution in [2.24, 2.45) is 5.92 Å². The molecule has 2 heteroatoms. The molecule has 2 nitrogen and oxygen atoms in total. The minimum Gasteiger partial charge on any atom is -0.378 e. The first-order valence-electron chi connectivity index (χ1n) is 6.75. The maximum atomic E-state index is 5.68. The Kier molecular flexibility index (Phi) is 4.45. The molecule has 1 aliphatic heterocycles. The molecule has 2 atom stereocenters. The normalized spacial score (nSPS) is 28.2. The molecule has 1 saturated heterocycles. The van der Waals surface area contributed by atoms with Gasteiger partial charge in [0.25, 0.3) is 0 Å². The molecule has 15 heavy (non-hydrogen) atoms. The lowest BCUT2D eigenvalue weighted by atomic mass is 10.0. The highest BCUT2D eigenvalue weighted by atomic mass is 16.5. The second kappa shape index (κ2) is 5.86. The number of hydrogen-bond acceptors (Lipinski definition) is 2. The zero-order chi connectivity index (χ0) is 10.5. The Labute approximate surface area is 93.8 Å². The molecule has 0 aromatic carbocycles. The third-order valence-electron chi connectivity index (χ3n) is 3.67. The van der Waals surface area contributed by atoms with Crippen LogP contribution >= 0.6 is 0 Å². The molecule has 88 valence electrons. The van der Waals surface area contributed by atoms with Crippen LogP contribution in [0.15, 0.2) is 0 Å². The van der Waals surface area contributed by atoms with E-state index in [1.54, 1.807) is 0 Å². The van der Waals surface area contributed by atoms with Crippen molar-refractivity contribution in [1.29, 1.82) is 0 Å². The van der Waals surface area contributed by atoms with Crippen LogP contribution in [0.1, 0.15) is 51.9 Å². The Balaban J connectivity index is 1.64. The third kappa shape index (κ3) is 3.76. The Hall–Kier alpha value is -0.0800. The van der Waals surface area contributed by atoms with Gasteiger partial charge in [-0.1, -0.05) is 6.92 Å². The van der Waals surface area contributed by atoms with Gasteiger partial charge in [0.1, 0.15) is 0 Å². The van der Waals surface area contributed by atoms with Gasteiger partial charge >= 0.3 is 0 Å². The van der Waals surface area contributed by atoms with E-state index in [0.717, 1.165) is 18.6 Å². The first-order chi connectivity index (χ1) is 7.40. The molecule has 2 aliphatic rings. The molecule has 0 aromatic rings. The smallest absolute Gasteiger partial charge is 0.0576 e. The van der Waals surface area contributed by atoms with Crippen molar-refractivity contribution in [3.8, 4) is 0 Å². The van der Waals surface area contributed by atoms with Gasteiger partial charge in [-0.25, -0.2) is 0 Å². The Morgan fingerprint density at radius 1 is 1.33 bits per heavy atom. The fourth-order valence-corrected chi connectivity index (χ4v) is 2.57. The van der Waals surface area contributed by atoms with Crippen LogP contribution in [0.4, 0.5) is 0 Å². The first kappa shape index (κ1) is 11.4.